The van der Waals surface area contributed by atoms with E-state index in [2.05, 4.69) is 0 Å². The van der Waals surface area contributed by atoms with Gasteiger partial charge in [-0.15, -0.1) is 0 Å². The van der Waals surface area contributed by atoms with Crippen molar-refractivity contribution in [1.82, 2.24) is 0 Å². The molecule has 1 atom stereocenters. The highest BCUT2D eigenvalue weighted by Gasteiger charge is 2.41. The van der Waals surface area contributed by atoms with Crippen LogP contribution in [0.2, 0.25) is 0 Å². The molecule has 0 aromatic heterocycles. The summed E-state index contributed by atoms with van der Waals surface area (Å²) in [5.74, 6) is 0.456. The summed E-state index contributed by atoms with van der Waals surface area (Å²) in [5.41, 5.74) is 7.22. The predicted molar refractivity (Wildman–Crippen MR) is 68.4 cm³/mol. The maximum Gasteiger partial charge on any atom is 0.330 e. The van der Waals surface area contributed by atoms with Gasteiger partial charge in [0.05, 0.1) is 13.7 Å². The van der Waals surface area contributed by atoms with Crippen LogP contribution in [-0.2, 0) is 21.5 Å². The Hall–Kier alpha value is -1.55. The molecule has 18 heavy (non-hydrogen) atoms. The Kier molecular flexibility index (Phi) is 3.57. The smallest absolute Gasteiger partial charge is 0.330 e. The molecule has 0 saturated heterocycles. The van der Waals surface area contributed by atoms with Crippen LogP contribution in [0, 0.1) is 0 Å². The number of hydrogen-bond donors (Lipinski definition) is 1. The fraction of sp³-hybridized carbons (Fsp3) is 0.500. The molecule has 0 heterocycles. The van der Waals surface area contributed by atoms with Crippen LogP contribution in [0.25, 0.3) is 0 Å². The molecule has 1 aliphatic rings. The van der Waals surface area contributed by atoms with Gasteiger partial charge < -0.3 is 15.2 Å². The molecule has 1 aromatic carbocycles. The second-order valence-electron chi connectivity index (χ2n) is 4.57. The van der Waals surface area contributed by atoms with E-state index >= 15 is 0 Å². The van der Waals surface area contributed by atoms with E-state index < -0.39 is 5.54 Å². The summed E-state index contributed by atoms with van der Waals surface area (Å²) in [7, 11) is 1.63. The molecule has 2 rings (SSSR count). The van der Waals surface area contributed by atoms with E-state index in [0.29, 0.717) is 13.0 Å². The molecule has 1 aromatic rings. The second-order valence-corrected chi connectivity index (χ2v) is 4.57. The number of aryl methyl sites for hydroxylation is 1. The van der Waals surface area contributed by atoms with E-state index in [1.165, 1.54) is 0 Å². The minimum atomic E-state index is -1.00. The first-order valence-electron chi connectivity index (χ1n) is 6.25. The van der Waals surface area contributed by atoms with Crippen LogP contribution in [0.1, 0.15) is 30.9 Å². The number of carbonyl (C=O) groups is 1. The standard InChI is InChI=1S/C14H19NO3/c1-3-18-13(16)14(15)8-4-5-10-9-11(17-2)6-7-12(10)14/h6-7,9H,3-5,8,15H2,1-2H3. The van der Waals surface area contributed by atoms with Gasteiger partial charge in [0.1, 0.15) is 11.3 Å². The van der Waals surface area contributed by atoms with Gasteiger partial charge in [-0.1, -0.05) is 6.07 Å². The monoisotopic (exact) mass is 249 g/mol. The Balaban J connectivity index is 2.41. The minimum Gasteiger partial charge on any atom is -0.497 e. The summed E-state index contributed by atoms with van der Waals surface area (Å²) in [6.07, 6.45) is 2.44. The first kappa shape index (κ1) is 12.9. The van der Waals surface area contributed by atoms with Crippen molar-refractivity contribution >= 4 is 5.97 Å². The Labute approximate surface area is 107 Å². The molecule has 0 spiro atoms. The summed E-state index contributed by atoms with van der Waals surface area (Å²) in [6, 6.07) is 5.67. The van der Waals surface area contributed by atoms with Gasteiger partial charge in [0.25, 0.3) is 0 Å². The van der Waals surface area contributed by atoms with E-state index in [1.54, 1.807) is 14.0 Å². The third-order valence-electron chi connectivity index (χ3n) is 3.45. The zero-order valence-electron chi connectivity index (χ0n) is 10.9. The zero-order valence-corrected chi connectivity index (χ0v) is 10.9. The summed E-state index contributed by atoms with van der Waals surface area (Å²) in [5, 5.41) is 0. The van der Waals surface area contributed by atoms with Crippen LogP contribution < -0.4 is 10.5 Å². The normalized spacial score (nSPS) is 22.2. The minimum absolute atomic E-state index is 0.337. The molecule has 0 radical (unpaired) electrons. The third kappa shape index (κ3) is 2.08. The molecule has 98 valence electrons. The van der Waals surface area contributed by atoms with E-state index in [9.17, 15) is 4.79 Å². The summed E-state index contributed by atoms with van der Waals surface area (Å²) in [4.78, 5) is 12.1. The number of hydrogen-bond acceptors (Lipinski definition) is 4. The summed E-state index contributed by atoms with van der Waals surface area (Å²) >= 11 is 0. The van der Waals surface area contributed by atoms with Gasteiger partial charge in [-0.25, -0.2) is 4.79 Å². The SMILES string of the molecule is CCOC(=O)C1(N)CCCc2cc(OC)ccc21. The molecular formula is C14H19NO3. The maximum atomic E-state index is 12.1. The van der Waals surface area contributed by atoms with Crippen molar-refractivity contribution in [3.8, 4) is 5.75 Å². The molecule has 0 fully saturated rings. The Morgan fingerprint density at radius 1 is 1.50 bits per heavy atom. The van der Waals surface area contributed by atoms with Crippen molar-refractivity contribution in [2.45, 2.75) is 31.7 Å². The first-order chi connectivity index (χ1) is 8.61. The van der Waals surface area contributed by atoms with E-state index in [0.717, 1.165) is 29.7 Å². The lowest BCUT2D eigenvalue weighted by Gasteiger charge is -2.33. The molecule has 1 unspecified atom stereocenters. The number of nitrogens with two attached hydrogens (primary N) is 1. The highest BCUT2D eigenvalue weighted by atomic mass is 16.5. The number of rotatable bonds is 3. The van der Waals surface area contributed by atoms with Gasteiger partial charge in [0.2, 0.25) is 0 Å². The van der Waals surface area contributed by atoms with Crippen molar-refractivity contribution in [1.29, 1.82) is 0 Å². The molecule has 1 aliphatic carbocycles. The third-order valence-corrected chi connectivity index (χ3v) is 3.45. The molecule has 4 nitrogen and oxygen atoms in total. The summed E-state index contributed by atoms with van der Waals surface area (Å²) in [6.45, 7) is 2.14. The largest absolute Gasteiger partial charge is 0.497 e. The van der Waals surface area contributed by atoms with E-state index in [-0.39, 0.29) is 5.97 Å². The summed E-state index contributed by atoms with van der Waals surface area (Å²) < 4.78 is 10.3. The van der Waals surface area contributed by atoms with Crippen molar-refractivity contribution < 1.29 is 14.3 Å². The van der Waals surface area contributed by atoms with Crippen LogP contribution in [0.4, 0.5) is 0 Å². The second kappa shape index (κ2) is 4.98. The van der Waals surface area contributed by atoms with Crippen molar-refractivity contribution in [3.05, 3.63) is 29.3 Å². The molecule has 0 amide bonds. The lowest BCUT2D eigenvalue weighted by molar-refractivity contribution is -0.150. The fourth-order valence-corrected chi connectivity index (χ4v) is 2.50. The van der Waals surface area contributed by atoms with Gasteiger partial charge in [-0.3, -0.25) is 0 Å². The number of ether oxygens (including phenoxy) is 2. The number of benzene rings is 1. The average Bonchev–Trinajstić information content (AvgIpc) is 2.38. The van der Waals surface area contributed by atoms with Gasteiger partial charge in [0.15, 0.2) is 0 Å². The quantitative estimate of drug-likeness (QED) is 0.829. The lowest BCUT2D eigenvalue weighted by atomic mass is 9.77. The van der Waals surface area contributed by atoms with Crippen molar-refractivity contribution in [2.24, 2.45) is 5.73 Å². The Bertz CT molecular complexity index is 458. The van der Waals surface area contributed by atoms with Gasteiger partial charge >= 0.3 is 5.97 Å². The molecule has 0 aliphatic heterocycles. The highest BCUT2D eigenvalue weighted by molar-refractivity contribution is 5.83. The van der Waals surface area contributed by atoms with E-state index in [1.807, 2.05) is 18.2 Å². The number of methoxy groups -OCH3 is 1. The zero-order chi connectivity index (χ0) is 13.2. The number of fused-ring (bicyclic) bond motifs is 1. The molecule has 4 heteroatoms. The molecule has 0 bridgehead atoms. The van der Waals surface area contributed by atoms with Crippen LogP contribution in [-0.4, -0.2) is 19.7 Å². The highest BCUT2D eigenvalue weighted by Crippen LogP contribution is 2.36. The maximum absolute atomic E-state index is 12.1. The van der Waals surface area contributed by atoms with Crippen LogP contribution in [0.3, 0.4) is 0 Å². The first-order valence-corrected chi connectivity index (χ1v) is 6.25. The van der Waals surface area contributed by atoms with Crippen molar-refractivity contribution in [3.63, 3.8) is 0 Å². The van der Waals surface area contributed by atoms with Gasteiger partial charge in [0, 0.05) is 0 Å². The van der Waals surface area contributed by atoms with Crippen molar-refractivity contribution in [2.75, 3.05) is 13.7 Å². The Morgan fingerprint density at radius 2 is 2.28 bits per heavy atom. The fourth-order valence-electron chi connectivity index (χ4n) is 2.50. The number of esters is 1. The average molecular weight is 249 g/mol. The molecule has 0 saturated carbocycles. The van der Waals surface area contributed by atoms with Gasteiger partial charge in [-0.2, -0.15) is 0 Å². The topological polar surface area (TPSA) is 61.5 Å². The lowest BCUT2D eigenvalue weighted by Crippen LogP contribution is -2.48. The van der Waals surface area contributed by atoms with E-state index in [4.69, 9.17) is 15.2 Å². The number of carbonyl (C=O) groups excluding carboxylic acids is 1. The molecule has 2 N–H and O–H groups in total. The van der Waals surface area contributed by atoms with Crippen LogP contribution in [0.15, 0.2) is 18.2 Å². The van der Waals surface area contributed by atoms with Crippen LogP contribution >= 0.6 is 0 Å². The molecular weight excluding hydrogens is 230 g/mol. The Morgan fingerprint density at radius 3 is 2.94 bits per heavy atom. The van der Waals surface area contributed by atoms with Gasteiger partial charge in [-0.05, 0) is 49.4 Å². The predicted octanol–water partition coefficient (Wildman–Crippen LogP) is 1.75. The van der Waals surface area contributed by atoms with Crippen LogP contribution in [0.5, 0.6) is 5.75 Å².